The number of hydrogen-bond acceptors (Lipinski definition) is 14. The van der Waals surface area contributed by atoms with E-state index in [1.54, 1.807) is 92.1 Å². The summed E-state index contributed by atoms with van der Waals surface area (Å²) in [4.78, 5) is 67.7. The Hall–Kier alpha value is -7.02. The molecule has 0 bridgehead atoms. The number of imide groups is 2. The SMILES string of the molecule is COc1cc(N2CCC(F)(CN3CCN(c4ccc5c(c4)C(=O)N(C4CCC(=O)NC4=O)C5=O)CC3)CC2)c(-c2cnn(C)c2)cc1Nc1ncc(Br)c(Nc2ccc(-c3ccccc3F)cc2P(C)(C)=O)n1. The summed E-state index contributed by atoms with van der Waals surface area (Å²) in [6.07, 6.45) is 6.04. The number of amides is 4. The van der Waals surface area contributed by atoms with Gasteiger partial charge < -0.3 is 29.7 Å². The molecule has 4 aliphatic rings. The number of rotatable bonds is 13. The van der Waals surface area contributed by atoms with Crippen LogP contribution < -0.4 is 35.8 Å². The predicted molar refractivity (Wildman–Crippen MR) is 279 cm³/mol. The third-order valence-electron chi connectivity index (χ3n) is 14.0. The first kappa shape index (κ1) is 49.6. The van der Waals surface area contributed by atoms with E-state index in [0.29, 0.717) is 96.0 Å². The minimum atomic E-state index is -2.88. The number of carbonyl (C=O) groups is 4. The van der Waals surface area contributed by atoms with Crippen LogP contribution in [-0.2, 0) is 21.2 Å². The number of carbonyl (C=O) groups excluding carboxylic acids is 4. The highest BCUT2D eigenvalue weighted by Gasteiger charge is 2.45. The highest BCUT2D eigenvalue weighted by molar-refractivity contribution is 9.10. The van der Waals surface area contributed by atoms with Crippen LogP contribution >= 0.6 is 23.1 Å². The molecular weight excluding hydrogens is 1020 g/mol. The van der Waals surface area contributed by atoms with Gasteiger partial charge in [0.25, 0.3) is 11.8 Å². The van der Waals surface area contributed by atoms with Crippen molar-refractivity contribution >= 4 is 86.5 Å². The highest BCUT2D eigenvalue weighted by atomic mass is 79.9. The molecule has 6 aromatic rings. The summed E-state index contributed by atoms with van der Waals surface area (Å²) < 4.78 is 53.6. The van der Waals surface area contributed by atoms with Crippen molar-refractivity contribution in [3.8, 4) is 28.0 Å². The number of ether oxygens (including phenoxy) is 1. The first-order chi connectivity index (χ1) is 34.9. The molecule has 0 saturated carbocycles. The minimum absolute atomic E-state index is 0.0482. The van der Waals surface area contributed by atoms with Crippen LogP contribution in [0.15, 0.2) is 95.9 Å². The monoisotopic (exact) mass is 1080 g/mol. The quantitative estimate of drug-likeness (QED) is 0.0754. The number of nitrogens with one attached hydrogen (secondary N) is 3. The van der Waals surface area contributed by atoms with E-state index in [2.05, 4.69) is 56.7 Å². The number of piperazine rings is 1. The molecule has 73 heavy (non-hydrogen) atoms. The summed E-state index contributed by atoms with van der Waals surface area (Å²) in [6, 6.07) is 19.7. The van der Waals surface area contributed by atoms with Gasteiger partial charge in [0, 0.05) is 124 Å². The molecule has 0 radical (unpaired) electrons. The van der Waals surface area contributed by atoms with Crippen LogP contribution in [0.2, 0.25) is 0 Å². The van der Waals surface area contributed by atoms with E-state index in [1.807, 2.05) is 25.4 Å². The summed E-state index contributed by atoms with van der Waals surface area (Å²) >= 11 is 3.57. The Labute approximate surface area is 428 Å². The lowest BCUT2D eigenvalue weighted by Crippen LogP contribution is -2.54. The zero-order valence-corrected chi connectivity index (χ0v) is 43.1. The van der Waals surface area contributed by atoms with Gasteiger partial charge in [-0.05, 0) is 83.7 Å². The number of nitrogens with zero attached hydrogens (tertiary/aromatic N) is 8. The molecule has 2 aromatic heterocycles. The maximum atomic E-state index is 16.9. The number of fused-ring (bicyclic) bond motifs is 1. The number of piperidine rings is 2. The first-order valence-electron chi connectivity index (χ1n) is 23.9. The average Bonchev–Trinajstić information content (AvgIpc) is 3.91. The lowest BCUT2D eigenvalue weighted by atomic mass is 9.91. The molecular formula is C52H53BrF2N11O6P. The van der Waals surface area contributed by atoms with E-state index in [9.17, 15) is 28.1 Å². The lowest BCUT2D eigenvalue weighted by molar-refractivity contribution is -0.136. The van der Waals surface area contributed by atoms with E-state index in [4.69, 9.17) is 9.72 Å². The Balaban J connectivity index is 0.812. The third-order valence-corrected chi connectivity index (χ3v) is 16.1. The van der Waals surface area contributed by atoms with E-state index in [-0.39, 0.29) is 42.3 Å². The number of benzene rings is 4. The number of halogens is 3. The van der Waals surface area contributed by atoms with Crippen LogP contribution in [-0.4, -0.2) is 131 Å². The summed E-state index contributed by atoms with van der Waals surface area (Å²) in [6.45, 7) is 6.88. The van der Waals surface area contributed by atoms with Crippen LogP contribution in [0, 0.1) is 5.82 Å². The van der Waals surface area contributed by atoms with E-state index >= 15 is 4.39 Å². The van der Waals surface area contributed by atoms with Gasteiger partial charge in [-0.1, -0.05) is 24.3 Å². The number of alkyl halides is 1. The number of aromatic nitrogens is 4. The first-order valence-corrected chi connectivity index (χ1v) is 27.3. The largest absolute Gasteiger partial charge is 0.494 e. The number of anilines is 6. The second-order valence-electron chi connectivity index (χ2n) is 19.3. The second-order valence-corrected chi connectivity index (χ2v) is 23.3. The van der Waals surface area contributed by atoms with Crippen molar-refractivity contribution in [1.29, 1.82) is 0 Å². The second kappa shape index (κ2) is 19.8. The molecule has 4 amide bonds. The van der Waals surface area contributed by atoms with Gasteiger partial charge in [0.05, 0.1) is 40.3 Å². The smallest absolute Gasteiger partial charge is 0.262 e. The molecule has 378 valence electrons. The molecule has 0 aliphatic carbocycles. The van der Waals surface area contributed by atoms with Crippen LogP contribution in [0.25, 0.3) is 22.3 Å². The number of methoxy groups -OCH3 is 1. The van der Waals surface area contributed by atoms with Gasteiger partial charge in [-0.25, -0.2) is 13.8 Å². The van der Waals surface area contributed by atoms with Gasteiger partial charge in [0.2, 0.25) is 17.8 Å². The molecule has 3 saturated heterocycles. The van der Waals surface area contributed by atoms with E-state index in [0.717, 1.165) is 27.4 Å². The van der Waals surface area contributed by atoms with Crippen LogP contribution in [0.3, 0.4) is 0 Å². The van der Waals surface area contributed by atoms with Crippen molar-refractivity contribution in [2.45, 2.75) is 37.4 Å². The Morgan fingerprint density at radius 2 is 1.59 bits per heavy atom. The summed E-state index contributed by atoms with van der Waals surface area (Å²) in [5.41, 5.74) is 4.47. The third kappa shape index (κ3) is 10.1. The van der Waals surface area contributed by atoms with Crippen LogP contribution in [0.1, 0.15) is 46.4 Å². The van der Waals surface area contributed by atoms with E-state index < -0.39 is 42.5 Å². The fraction of sp³-hybridized carbons (Fsp3) is 0.327. The Morgan fingerprint density at radius 1 is 0.836 bits per heavy atom. The molecule has 10 rings (SSSR count). The molecule has 21 heteroatoms. The van der Waals surface area contributed by atoms with Gasteiger partial charge in [0.1, 0.15) is 36.2 Å². The molecule has 17 nitrogen and oxygen atoms in total. The summed E-state index contributed by atoms with van der Waals surface area (Å²) in [5.74, 6) is -1.40. The Bertz CT molecular complexity index is 3240. The Morgan fingerprint density at radius 3 is 2.29 bits per heavy atom. The molecule has 3 fully saturated rings. The fourth-order valence-corrected chi connectivity index (χ4v) is 11.6. The molecule has 1 atom stereocenters. The molecule has 3 N–H and O–H groups in total. The van der Waals surface area contributed by atoms with Crippen LogP contribution in [0.4, 0.5) is 43.3 Å². The van der Waals surface area contributed by atoms with Crippen molar-refractivity contribution < 1.29 is 37.3 Å². The molecule has 4 aliphatic heterocycles. The van der Waals surface area contributed by atoms with Gasteiger partial charge in [-0.15, -0.1) is 0 Å². The zero-order chi connectivity index (χ0) is 51.3. The highest BCUT2D eigenvalue weighted by Crippen LogP contribution is 2.44. The van der Waals surface area contributed by atoms with Crippen LogP contribution in [0.5, 0.6) is 5.75 Å². The summed E-state index contributed by atoms with van der Waals surface area (Å²) in [5, 5.41) is 13.9. The average molecular weight is 1080 g/mol. The van der Waals surface area contributed by atoms with Crippen molar-refractivity contribution in [2.75, 3.05) is 86.7 Å². The fourth-order valence-electron chi connectivity index (χ4n) is 10.1. The number of aryl methyl sites for hydroxylation is 1. The van der Waals surface area contributed by atoms with Gasteiger partial charge in [-0.3, -0.25) is 39.0 Å². The van der Waals surface area contributed by atoms with Crippen molar-refractivity contribution in [1.82, 2.24) is 34.9 Å². The molecule has 6 heterocycles. The maximum absolute atomic E-state index is 16.9. The van der Waals surface area contributed by atoms with Crippen molar-refractivity contribution in [2.24, 2.45) is 7.05 Å². The van der Waals surface area contributed by atoms with Gasteiger partial charge >= 0.3 is 0 Å². The van der Waals surface area contributed by atoms with E-state index in [1.165, 1.54) is 6.07 Å². The lowest BCUT2D eigenvalue weighted by Gasteiger charge is -2.43. The van der Waals surface area contributed by atoms with Crippen molar-refractivity contribution in [3.05, 3.63) is 113 Å². The number of hydrogen-bond donors (Lipinski definition) is 3. The molecule has 0 spiro atoms. The Kier molecular flexibility index (Phi) is 13.4. The van der Waals surface area contributed by atoms with Gasteiger partial charge in [0.15, 0.2) is 0 Å². The topological polar surface area (TPSA) is 187 Å². The molecule has 4 aromatic carbocycles. The normalized spacial score (nSPS) is 18.2. The molecule has 1 unspecified atom stereocenters. The van der Waals surface area contributed by atoms with Gasteiger partial charge in [-0.2, -0.15) is 10.1 Å². The van der Waals surface area contributed by atoms with Crippen molar-refractivity contribution in [3.63, 3.8) is 0 Å². The summed E-state index contributed by atoms with van der Waals surface area (Å²) in [7, 11) is 0.545. The standard InChI is InChI=1S/C52H53BrF2N11O6P/c1-62-29-32(27-57-62)36-25-41(59-51-56-28-38(53)47(61-51)58-40-12-9-31(23-45(40)73(3,4)71)34-7-5-6-8-39(34)54)44(72-2)26-43(36)65-17-15-52(55,16-18-65)30-63-19-21-64(22-20-63)33-10-11-35-37(24-33)50(70)66(49(35)69)42-13-14-46(67)60-48(42)68/h5-12,23-29,42H,13-22,30H2,1-4H3,(H,60,67,68)(H2,56,58,59,61). The predicted octanol–water partition coefficient (Wildman–Crippen LogP) is 7.72. The minimum Gasteiger partial charge on any atom is -0.494 e. The zero-order valence-electron chi connectivity index (χ0n) is 40.6. The maximum Gasteiger partial charge on any atom is 0.262 e.